The highest BCUT2D eigenvalue weighted by Gasteiger charge is 2.24. The summed E-state index contributed by atoms with van der Waals surface area (Å²) < 4.78 is 19.6. The van der Waals surface area contributed by atoms with E-state index in [-0.39, 0.29) is 23.9 Å². The highest BCUT2D eigenvalue weighted by atomic mass is 35.5. The van der Waals surface area contributed by atoms with Crippen LogP contribution in [-0.4, -0.2) is 53.1 Å². The predicted octanol–water partition coefficient (Wildman–Crippen LogP) is 3.67. The largest absolute Gasteiger partial charge is 0.381 e. The van der Waals surface area contributed by atoms with Crippen LogP contribution < -0.4 is 10.6 Å². The maximum atomic E-state index is 14.3. The smallest absolute Gasteiger partial charge is 0.255 e. The third kappa shape index (κ3) is 5.79. The second-order valence-corrected chi connectivity index (χ2v) is 9.12. The lowest BCUT2D eigenvalue weighted by atomic mass is 9.90. The number of hydrogen-bond acceptors (Lipinski definition) is 7. The number of Topliss-reactive ketones (excluding diaryl/α,β-unsaturated/α-hetero) is 1. The van der Waals surface area contributed by atoms with Gasteiger partial charge in [-0.05, 0) is 44.6 Å². The number of nitrogens with one attached hydrogen (secondary N) is 2. The molecule has 172 valence electrons. The van der Waals surface area contributed by atoms with Gasteiger partial charge in [0.05, 0.1) is 16.9 Å². The van der Waals surface area contributed by atoms with E-state index in [1.54, 1.807) is 6.07 Å². The first-order valence-electron chi connectivity index (χ1n) is 11.2. The first-order valence-corrected chi connectivity index (χ1v) is 11.6. The van der Waals surface area contributed by atoms with Crippen LogP contribution >= 0.6 is 11.6 Å². The van der Waals surface area contributed by atoms with Crippen LogP contribution in [0, 0.1) is 17.8 Å². The van der Waals surface area contributed by atoms with Gasteiger partial charge in [-0.1, -0.05) is 11.6 Å². The van der Waals surface area contributed by atoms with Gasteiger partial charge in [-0.3, -0.25) is 9.78 Å². The van der Waals surface area contributed by atoms with Gasteiger partial charge in [0, 0.05) is 62.1 Å². The minimum Gasteiger partial charge on any atom is -0.381 e. The fraction of sp³-hybridized carbons (Fsp3) is 0.565. The first kappa shape index (κ1) is 23.0. The molecule has 4 heterocycles. The molecule has 4 rings (SSSR count). The van der Waals surface area contributed by atoms with Gasteiger partial charge in [0.1, 0.15) is 5.78 Å². The summed E-state index contributed by atoms with van der Waals surface area (Å²) in [5, 5.41) is 6.82. The number of piperidine rings is 1. The zero-order valence-corrected chi connectivity index (χ0v) is 19.0. The summed E-state index contributed by atoms with van der Waals surface area (Å²) in [6, 6.07) is 2.20. The minimum atomic E-state index is -0.652. The van der Waals surface area contributed by atoms with Crippen molar-refractivity contribution in [2.75, 3.05) is 31.6 Å². The third-order valence-electron chi connectivity index (χ3n) is 6.29. The minimum absolute atomic E-state index is 0.00118. The van der Waals surface area contributed by atoms with Crippen molar-refractivity contribution in [1.29, 1.82) is 0 Å². The standard InChI is InChI=1S/C23H29ClFN5O2/c1-14-2-3-16(11-26-14)21(31)9-17-8-18(19(24)12-27-17)20-13-28-22(25)23(30-20)29-10-15-4-6-32-7-5-15/h8,12-16,26H,2-7,9-11H2,1H3,(H,29,30)/t14-,16-/m1/s1. The topological polar surface area (TPSA) is 89.0 Å². The number of pyridine rings is 1. The number of hydrogen-bond donors (Lipinski definition) is 2. The van der Waals surface area contributed by atoms with Gasteiger partial charge < -0.3 is 15.4 Å². The molecule has 0 unspecified atom stereocenters. The summed E-state index contributed by atoms with van der Waals surface area (Å²) >= 11 is 6.37. The fourth-order valence-corrected chi connectivity index (χ4v) is 4.38. The van der Waals surface area contributed by atoms with Gasteiger partial charge >= 0.3 is 0 Å². The molecule has 0 aromatic carbocycles. The number of carbonyl (C=O) groups excluding carboxylic acids is 1. The molecule has 0 radical (unpaired) electrons. The van der Waals surface area contributed by atoms with E-state index < -0.39 is 5.95 Å². The van der Waals surface area contributed by atoms with Crippen LogP contribution in [0.5, 0.6) is 0 Å². The second kappa shape index (κ2) is 10.6. The predicted molar refractivity (Wildman–Crippen MR) is 121 cm³/mol. The lowest BCUT2D eigenvalue weighted by Gasteiger charge is -2.26. The molecule has 2 aliphatic heterocycles. The van der Waals surface area contributed by atoms with Crippen molar-refractivity contribution < 1.29 is 13.9 Å². The van der Waals surface area contributed by atoms with E-state index in [1.807, 2.05) is 0 Å². The van der Waals surface area contributed by atoms with Gasteiger partial charge in [-0.15, -0.1) is 0 Å². The Morgan fingerprint density at radius 2 is 2.06 bits per heavy atom. The Morgan fingerprint density at radius 3 is 2.81 bits per heavy atom. The Morgan fingerprint density at radius 1 is 1.25 bits per heavy atom. The fourth-order valence-electron chi connectivity index (χ4n) is 4.18. The maximum Gasteiger partial charge on any atom is 0.255 e. The van der Waals surface area contributed by atoms with E-state index in [0.717, 1.165) is 38.9 Å². The van der Waals surface area contributed by atoms with Crippen LogP contribution in [0.25, 0.3) is 11.3 Å². The van der Waals surface area contributed by atoms with E-state index >= 15 is 0 Å². The zero-order valence-electron chi connectivity index (χ0n) is 18.2. The third-order valence-corrected chi connectivity index (χ3v) is 6.59. The molecule has 2 atom stereocenters. The number of anilines is 1. The quantitative estimate of drug-likeness (QED) is 0.650. The Labute approximate surface area is 192 Å². The number of aromatic nitrogens is 3. The number of rotatable bonds is 7. The number of halogens is 2. The van der Waals surface area contributed by atoms with Crippen molar-refractivity contribution in [2.24, 2.45) is 11.8 Å². The number of nitrogens with zero attached hydrogens (tertiary/aromatic N) is 3. The molecule has 0 aliphatic carbocycles. The molecule has 9 heteroatoms. The molecule has 2 aromatic rings. The van der Waals surface area contributed by atoms with Crippen molar-refractivity contribution in [3.8, 4) is 11.3 Å². The second-order valence-electron chi connectivity index (χ2n) is 8.71. The van der Waals surface area contributed by atoms with Crippen molar-refractivity contribution in [2.45, 2.75) is 45.1 Å². The molecule has 2 aliphatic rings. The van der Waals surface area contributed by atoms with Gasteiger partial charge in [0.15, 0.2) is 5.82 Å². The Hall–Kier alpha value is -2.16. The molecule has 0 saturated carbocycles. The SMILES string of the molecule is C[C@@H]1CC[C@@H](C(=O)Cc2cc(-c3cnc(F)c(NCC4CCOCC4)n3)c(Cl)cn2)CN1. The van der Waals surface area contributed by atoms with Gasteiger partial charge in [0.25, 0.3) is 5.95 Å². The lowest BCUT2D eigenvalue weighted by molar-refractivity contribution is -0.122. The molecule has 2 saturated heterocycles. The molecular formula is C23H29ClFN5O2. The number of ether oxygens (including phenoxy) is 1. The maximum absolute atomic E-state index is 14.3. The molecule has 7 nitrogen and oxygen atoms in total. The van der Waals surface area contributed by atoms with Crippen LogP contribution in [-0.2, 0) is 16.0 Å². The normalized spacial score (nSPS) is 22.0. The van der Waals surface area contributed by atoms with Crippen molar-refractivity contribution in [1.82, 2.24) is 20.3 Å². The number of ketones is 1. The Bertz CT molecular complexity index is 946. The van der Waals surface area contributed by atoms with E-state index in [4.69, 9.17) is 16.3 Å². The molecule has 0 bridgehead atoms. The molecular weight excluding hydrogens is 433 g/mol. The van der Waals surface area contributed by atoms with E-state index in [1.165, 1.54) is 12.4 Å². The first-order chi connectivity index (χ1) is 15.5. The lowest BCUT2D eigenvalue weighted by Crippen LogP contribution is -2.40. The average Bonchev–Trinajstić information content (AvgIpc) is 2.81. The zero-order chi connectivity index (χ0) is 22.5. The van der Waals surface area contributed by atoms with Gasteiger partial charge in [0.2, 0.25) is 0 Å². The van der Waals surface area contributed by atoms with Crippen LogP contribution in [0.2, 0.25) is 5.02 Å². The van der Waals surface area contributed by atoms with Crippen molar-refractivity contribution >= 4 is 23.2 Å². The molecule has 0 spiro atoms. The summed E-state index contributed by atoms with van der Waals surface area (Å²) in [5.74, 6) is 0.0169. The van der Waals surface area contributed by atoms with Gasteiger partial charge in [-0.2, -0.15) is 4.39 Å². The Balaban J connectivity index is 1.47. The Kier molecular flexibility index (Phi) is 7.65. The molecule has 32 heavy (non-hydrogen) atoms. The van der Waals surface area contributed by atoms with E-state index in [9.17, 15) is 9.18 Å². The number of carbonyl (C=O) groups is 1. The average molecular weight is 462 g/mol. The summed E-state index contributed by atoms with van der Waals surface area (Å²) in [6.45, 7) is 4.89. The molecule has 2 aromatic heterocycles. The highest BCUT2D eigenvalue weighted by molar-refractivity contribution is 6.33. The molecule has 2 N–H and O–H groups in total. The monoisotopic (exact) mass is 461 g/mol. The van der Waals surface area contributed by atoms with Crippen LogP contribution in [0.1, 0.15) is 38.3 Å². The highest BCUT2D eigenvalue weighted by Crippen LogP contribution is 2.28. The molecule has 0 amide bonds. The summed E-state index contributed by atoms with van der Waals surface area (Å²) in [7, 11) is 0. The summed E-state index contributed by atoms with van der Waals surface area (Å²) in [6.07, 6.45) is 6.85. The van der Waals surface area contributed by atoms with Crippen molar-refractivity contribution in [3.05, 3.63) is 35.1 Å². The van der Waals surface area contributed by atoms with Crippen LogP contribution in [0.15, 0.2) is 18.5 Å². The molecule has 2 fully saturated rings. The van der Waals surface area contributed by atoms with Crippen LogP contribution in [0.3, 0.4) is 0 Å². The van der Waals surface area contributed by atoms with E-state index in [2.05, 4.69) is 32.5 Å². The van der Waals surface area contributed by atoms with E-state index in [0.29, 0.717) is 47.0 Å². The van der Waals surface area contributed by atoms with Crippen LogP contribution in [0.4, 0.5) is 10.2 Å². The summed E-state index contributed by atoms with van der Waals surface area (Å²) in [4.78, 5) is 25.3. The van der Waals surface area contributed by atoms with Gasteiger partial charge in [-0.25, -0.2) is 9.97 Å². The van der Waals surface area contributed by atoms with Crippen molar-refractivity contribution in [3.63, 3.8) is 0 Å². The summed E-state index contributed by atoms with van der Waals surface area (Å²) in [5.41, 5.74) is 1.65.